The molecule has 0 fully saturated rings. The van der Waals surface area contributed by atoms with Crippen molar-refractivity contribution in [2.24, 2.45) is 0 Å². The third kappa shape index (κ3) is 4.36. The summed E-state index contributed by atoms with van der Waals surface area (Å²) in [6.07, 6.45) is 3.91. The van der Waals surface area contributed by atoms with Crippen molar-refractivity contribution in [3.63, 3.8) is 0 Å². The highest BCUT2D eigenvalue weighted by Crippen LogP contribution is 2.20. The summed E-state index contributed by atoms with van der Waals surface area (Å²) < 4.78 is 0. The molecule has 0 saturated heterocycles. The second-order valence-electron chi connectivity index (χ2n) is 3.76. The van der Waals surface area contributed by atoms with E-state index in [-0.39, 0.29) is 11.9 Å². The van der Waals surface area contributed by atoms with Crippen molar-refractivity contribution in [1.82, 2.24) is 5.32 Å². The summed E-state index contributed by atoms with van der Waals surface area (Å²) in [4.78, 5) is 13.2. The van der Waals surface area contributed by atoms with E-state index >= 15 is 0 Å². The third-order valence-electron chi connectivity index (χ3n) is 2.64. The van der Waals surface area contributed by atoms with Crippen molar-refractivity contribution in [1.29, 1.82) is 0 Å². The Morgan fingerprint density at radius 3 is 2.76 bits per heavy atom. The van der Waals surface area contributed by atoms with Crippen molar-refractivity contribution in [3.8, 4) is 0 Å². The largest absolute Gasteiger partial charge is 0.349 e. The molecule has 2 nitrogen and oxygen atoms in total. The van der Waals surface area contributed by atoms with Crippen LogP contribution in [0.2, 0.25) is 0 Å². The van der Waals surface area contributed by atoms with Gasteiger partial charge in [-0.3, -0.25) is 4.79 Å². The van der Waals surface area contributed by atoms with Gasteiger partial charge in [0.1, 0.15) is 0 Å². The van der Waals surface area contributed by atoms with E-state index in [1.807, 2.05) is 30.5 Å². The van der Waals surface area contributed by atoms with E-state index in [0.717, 1.165) is 28.6 Å². The lowest BCUT2D eigenvalue weighted by molar-refractivity contribution is 0.0932. The lowest BCUT2D eigenvalue weighted by Crippen LogP contribution is -2.34. The number of alkyl halides is 1. The molecule has 17 heavy (non-hydrogen) atoms. The minimum Gasteiger partial charge on any atom is -0.349 e. The number of carbonyl (C=O) groups is 1. The van der Waals surface area contributed by atoms with Gasteiger partial charge in [0.15, 0.2) is 0 Å². The van der Waals surface area contributed by atoms with E-state index in [0.29, 0.717) is 0 Å². The molecule has 0 bridgehead atoms. The van der Waals surface area contributed by atoms with E-state index in [1.54, 1.807) is 11.8 Å². The van der Waals surface area contributed by atoms with Crippen LogP contribution in [0.5, 0.6) is 0 Å². The van der Waals surface area contributed by atoms with Crippen LogP contribution in [-0.4, -0.2) is 23.5 Å². The van der Waals surface area contributed by atoms with Gasteiger partial charge in [0.05, 0.1) is 5.56 Å². The second-order valence-corrected chi connectivity index (χ2v) is 5.40. The van der Waals surface area contributed by atoms with Crippen LogP contribution in [0.4, 0.5) is 0 Å². The first-order chi connectivity index (χ1) is 8.22. The molecule has 94 valence electrons. The molecule has 0 spiro atoms. The van der Waals surface area contributed by atoms with Gasteiger partial charge in [-0.2, -0.15) is 0 Å². The molecule has 1 atom stereocenters. The molecule has 0 aliphatic rings. The fraction of sp³-hybridized carbons (Fsp3) is 0.462. The molecular weight excluding hydrogens is 298 g/mol. The summed E-state index contributed by atoms with van der Waals surface area (Å²) in [6, 6.07) is 7.96. The first-order valence-corrected chi connectivity index (χ1v) is 8.07. The van der Waals surface area contributed by atoms with Gasteiger partial charge in [0.2, 0.25) is 0 Å². The standard InChI is InChI=1S/C13H18BrNOS/c1-3-10(8-9-14)15-13(16)11-6-4-5-7-12(11)17-2/h4-7,10H,3,8-9H2,1-2H3,(H,15,16). The van der Waals surface area contributed by atoms with E-state index in [2.05, 4.69) is 28.2 Å². The molecule has 1 rings (SSSR count). The van der Waals surface area contributed by atoms with Crippen molar-refractivity contribution in [2.45, 2.75) is 30.7 Å². The number of hydrogen-bond acceptors (Lipinski definition) is 2. The van der Waals surface area contributed by atoms with Gasteiger partial charge in [0, 0.05) is 16.3 Å². The Morgan fingerprint density at radius 2 is 2.18 bits per heavy atom. The molecule has 0 aromatic heterocycles. The van der Waals surface area contributed by atoms with Gasteiger partial charge >= 0.3 is 0 Å². The maximum absolute atomic E-state index is 12.1. The molecule has 1 amide bonds. The Balaban J connectivity index is 2.75. The molecule has 0 aliphatic carbocycles. The van der Waals surface area contributed by atoms with Crippen molar-refractivity contribution < 1.29 is 4.79 Å². The van der Waals surface area contributed by atoms with Crippen LogP contribution in [0.3, 0.4) is 0 Å². The van der Waals surface area contributed by atoms with Crippen LogP contribution in [0, 0.1) is 0 Å². The number of amides is 1. The third-order valence-corrected chi connectivity index (χ3v) is 3.89. The van der Waals surface area contributed by atoms with Crippen LogP contribution < -0.4 is 5.32 Å². The first-order valence-electron chi connectivity index (χ1n) is 5.72. The zero-order chi connectivity index (χ0) is 12.7. The van der Waals surface area contributed by atoms with Gasteiger partial charge in [-0.25, -0.2) is 0 Å². The Labute approximate surface area is 116 Å². The normalized spacial score (nSPS) is 12.2. The summed E-state index contributed by atoms with van der Waals surface area (Å²) in [5.41, 5.74) is 0.771. The molecule has 0 radical (unpaired) electrons. The summed E-state index contributed by atoms with van der Waals surface area (Å²) in [6.45, 7) is 2.09. The lowest BCUT2D eigenvalue weighted by Gasteiger charge is -2.16. The average molecular weight is 316 g/mol. The van der Waals surface area contributed by atoms with Gasteiger partial charge < -0.3 is 5.32 Å². The van der Waals surface area contributed by atoms with Gasteiger partial charge in [-0.1, -0.05) is 35.0 Å². The average Bonchev–Trinajstić information content (AvgIpc) is 2.38. The number of nitrogens with one attached hydrogen (secondary N) is 1. The van der Waals surface area contributed by atoms with E-state index in [9.17, 15) is 4.79 Å². The first kappa shape index (κ1) is 14.6. The van der Waals surface area contributed by atoms with Crippen molar-refractivity contribution in [2.75, 3.05) is 11.6 Å². The summed E-state index contributed by atoms with van der Waals surface area (Å²) in [5.74, 6) is 0.0303. The van der Waals surface area contributed by atoms with Gasteiger partial charge in [0.25, 0.3) is 5.91 Å². The van der Waals surface area contributed by atoms with Crippen LogP contribution in [0.25, 0.3) is 0 Å². The Bertz CT molecular complexity index is 370. The highest BCUT2D eigenvalue weighted by molar-refractivity contribution is 9.09. The maximum Gasteiger partial charge on any atom is 0.252 e. The second kappa shape index (κ2) is 7.77. The maximum atomic E-state index is 12.1. The fourth-order valence-electron chi connectivity index (χ4n) is 1.61. The molecule has 0 heterocycles. The molecule has 1 N–H and O–H groups in total. The molecule has 1 unspecified atom stereocenters. The van der Waals surface area contributed by atoms with Crippen LogP contribution in [0.1, 0.15) is 30.1 Å². The van der Waals surface area contributed by atoms with Crippen molar-refractivity contribution >= 4 is 33.6 Å². The molecule has 4 heteroatoms. The number of rotatable bonds is 6. The summed E-state index contributed by atoms with van der Waals surface area (Å²) >= 11 is 5.01. The number of hydrogen-bond donors (Lipinski definition) is 1. The Kier molecular flexibility index (Phi) is 6.66. The smallest absolute Gasteiger partial charge is 0.252 e. The highest BCUT2D eigenvalue weighted by atomic mass is 79.9. The van der Waals surface area contributed by atoms with Crippen LogP contribution >= 0.6 is 27.7 Å². The molecule has 0 saturated carbocycles. The Morgan fingerprint density at radius 1 is 1.47 bits per heavy atom. The SMILES string of the molecule is CCC(CCBr)NC(=O)c1ccccc1SC. The highest BCUT2D eigenvalue weighted by Gasteiger charge is 2.14. The number of carbonyl (C=O) groups excluding carboxylic acids is 1. The molecule has 0 aliphatic heterocycles. The summed E-state index contributed by atoms with van der Waals surface area (Å²) in [7, 11) is 0. The lowest BCUT2D eigenvalue weighted by atomic mass is 10.1. The topological polar surface area (TPSA) is 29.1 Å². The van der Waals surface area contributed by atoms with Crippen molar-refractivity contribution in [3.05, 3.63) is 29.8 Å². The summed E-state index contributed by atoms with van der Waals surface area (Å²) in [5, 5.41) is 3.99. The number of thioether (sulfide) groups is 1. The molecule has 1 aromatic carbocycles. The minimum absolute atomic E-state index is 0.0303. The van der Waals surface area contributed by atoms with E-state index < -0.39 is 0 Å². The van der Waals surface area contributed by atoms with Crippen LogP contribution in [-0.2, 0) is 0 Å². The van der Waals surface area contributed by atoms with Gasteiger partial charge in [-0.15, -0.1) is 11.8 Å². The number of halogens is 1. The molecule has 1 aromatic rings. The monoisotopic (exact) mass is 315 g/mol. The van der Waals surface area contributed by atoms with E-state index in [4.69, 9.17) is 0 Å². The minimum atomic E-state index is 0.0303. The van der Waals surface area contributed by atoms with E-state index in [1.165, 1.54) is 0 Å². The van der Waals surface area contributed by atoms with Gasteiger partial charge in [-0.05, 0) is 31.2 Å². The zero-order valence-corrected chi connectivity index (χ0v) is 12.6. The zero-order valence-electron chi connectivity index (χ0n) is 10.2. The Hall–Kier alpha value is -0.480. The predicted molar refractivity (Wildman–Crippen MR) is 78.2 cm³/mol. The fourth-order valence-corrected chi connectivity index (χ4v) is 2.75. The predicted octanol–water partition coefficient (Wildman–Crippen LogP) is 3.70. The molecular formula is C13H18BrNOS. The quantitative estimate of drug-likeness (QED) is 0.640. The number of benzene rings is 1. The van der Waals surface area contributed by atoms with Crippen LogP contribution in [0.15, 0.2) is 29.2 Å².